The van der Waals surface area contributed by atoms with Gasteiger partial charge >= 0.3 is 5.97 Å². The second-order valence-corrected chi connectivity index (χ2v) is 6.23. The number of sulfonamides is 1. The van der Waals surface area contributed by atoms with Crippen LogP contribution in [0.15, 0.2) is 0 Å². The number of carboxylic acid groups (broad SMARTS) is 1. The van der Waals surface area contributed by atoms with E-state index in [4.69, 9.17) is 10.2 Å². The highest BCUT2D eigenvalue weighted by Gasteiger charge is 2.35. The number of amides is 1. The number of rotatable bonds is 5. The van der Waals surface area contributed by atoms with Crippen molar-refractivity contribution < 1.29 is 23.1 Å². The molecule has 0 radical (unpaired) electrons. The topological polar surface area (TPSA) is 127 Å². The van der Waals surface area contributed by atoms with Crippen LogP contribution in [0.5, 0.6) is 0 Å². The van der Waals surface area contributed by atoms with Crippen molar-refractivity contribution in [1.29, 1.82) is 0 Å². The summed E-state index contributed by atoms with van der Waals surface area (Å²) in [5.74, 6) is -2.96. The zero-order chi connectivity index (χ0) is 13.8. The molecular formula is C10H18N2O5S. The number of hydrogen-bond donors (Lipinski definition) is 3. The van der Waals surface area contributed by atoms with Gasteiger partial charge in [0, 0.05) is 6.54 Å². The Kier molecular flexibility index (Phi) is 5.09. The molecule has 18 heavy (non-hydrogen) atoms. The molecule has 1 aliphatic rings. The Morgan fingerprint density at radius 1 is 1.22 bits per heavy atom. The molecule has 4 N–H and O–H groups in total. The number of carboxylic acids is 1. The summed E-state index contributed by atoms with van der Waals surface area (Å²) in [5, 5.41) is 16.3. The largest absolute Gasteiger partial charge is 0.481 e. The van der Waals surface area contributed by atoms with Gasteiger partial charge < -0.3 is 10.4 Å². The maximum Gasteiger partial charge on any atom is 0.307 e. The standard InChI is InChI=1S/C10H18N2O5S/c11-18(16,17)6-5-12-9(13)7-3-1-2-4-8(7)10(14)15/h7-8H,1-6H2,(H,12,13)(H,14,15)(H2,11,16,17)/t7-,8+/m1/s1. The second kappa shape index (κ2) is 6.14. The van der Waals surface area contributed by atoms with Crippen LogP contribution in [-0.4, -0.2) is 37.7 Å². The molecule has 0 aromatic carbocycles. The van der Waals surface area contributed by atoms with Gasteiger partial charge in [0.25, 0.3) is 0 Å². The Morgan fingerprint density at radius 3 is 2.28 bits per heavy atom. The average Bonchev–Trinajstić information content (AvgIpc) is 2.27. The number of nitrogens with two attached hydrogens (primary N) is 1. The molecule has 1 amide bonds. The molecule has 8 heteroatoms. The molecule has 0 spiro atoms. The summed E-state index contributed by atoms with van der Waals surface area (Å²) in [5.41, 5.74) is 0. The Morgan fingerprint density at radius 2 is 1.78 bits per heavy atom. The second-order valence-electron chi connectivity index (χ2n) is 4.49. The van der Waals surface area contributed by atoms with Crippen LogP contribution in [0.1, 0.15) is 25.7 Å². The maximum atomic E-state index is 11.8. The third kappa shape index (κ3) is 4.61. The van der Waals surface area contributed by atoms with Crippen molar-refractivity contribution in [3.63, 3.8) is 0 Å². The highest BCUT2D eigenvalue weighted by Crippen LogP contribution is 2.30. The first-order valence-electron chi connectivity index (χ1n) is 5.82. The van der Waals surface area contributed by atoms with E-state index in [1.807, 2.05) is 0 Å². The van der Waals surface area contributed by atoms with E-state index in [2.05, 4.69) is 5.32 Å². The molecule has 1 rings (SSSR count). The van der Waals surface area contributed by atoms with Crippen molar-refractivity contribution in [3.8, 4) is 0 Å². The van der Waals surface area contributed by atoms with Crippen molar-refractivity contribution in [3.05, 3.63) is 0 Å². The van der Waals surface area contributed by atoms with Crippen LogP contribution in [0, 0.1) is 11.8 Å². The van der Waals surface area contributed by atoms with Crippen molar-refractivity contribution in [1.82, 2.24) is 5.32 Å². The Bertz CT molecular complexity index is 420. The minimum atomic E-state index is -3.61. The predicted octanol–water partition coefficient (Wildman–Crippen LogP) is -0.718. The lowest BCUT2D eigenvalue weighted by atomic mass is 9.79. The van der Waals surface area contributed by atoms with Gasteiger partial charge in [0.2, 0.25) is 15.9 Å². The predicted molar refractivity (Wildman–Crippen MR) is 64.1 cm³/mol. The van der Waals surface area contributed by atoms with Crippen LogP contribution in [0.2, 0.25) is 0 Å². The van der Waals surface area contributed by atoms with E-state index in [0.29, 0.717) is 12.8 Å². The molecule has 0 aromatic rings. The zero-order valence-electron chi connectivity index (χ0n) is 9.96. The van der Waals surface area contributed by atoms with Gasteiger partial charge in [-0.1, -0.05) is 12.8 Å². The summed E-state index contributed by atoms with van der Waals surface area (Å²) in [4.78, 5) is 22.8. The highest BCUT2D eigenvalue weighted by atomic mass is 32.2. The van der Waals surface area contributed by atoms with Crippen molar-refractivity contribution in [2.24, 2.45) is 17.0 Å². The van der Waals surface area contributed by atoms with E-state index in [-0.39, 0.29) is 12.3 Å². The summed E-state index contributed by atoms with van der Waals surface area (Å²) in [7, 11) is -3.61. The summed E-state index contributed by atoms with van der Waals surface area (Å²) in [6.07, 6.45) is 2.63. The monoisotopic (exact) mass is 278 g/mol. The molecule has 2 atom stereocenters. The van der Waals surface area contributed by atoms with Gasteiger partial charge in [-0.2, -0.15) is 0 Å². The molecule has 1 aliphatic carbocycles. The van der Waals surface area contributed by atoms with Crippen LogP contribution in [0.4, 0.5) is 0 Å². The smallest absolute Gasteiger partial charge is 0.307 e. The lowest BCUT2D eigenvalue weighted by Gasteiger charge is -2.27. The minimum absolute atomic E-state index is 0.0828. The van der Waals surface area contributed by atoms with Crippen LogP contribution in [-0.2, 0) is 19.6 Å². The van der Waals surface area contributed by atoms with E-state index < -0.39 is 33.7 Å². The van der Waals surface area contributed by atoms with Gasteiger partial charge in [-0.25, -0.2) is 13.6 Å². The number of carbonyl (C=O) groups excluding carboxylic acids is 1. The SMILES string of the molecule is NS(=O)(=O)CCNC(=O)[C@@H]1CCCC[C@@H]1C(=O)O. The van der Waals surface area contributed by atoms with Crippen LogP contribution in [0.25, 0.3) is 0 Å². The lowest BCUT2D eigenvalue weighted by molar-refractivity contribution is -0.148. The molecule has 0 saturated heterocycles. The maximum absolute atomic E-state index is 11.8. The first-order valence-corrected chi connectivity index (χ1v) is 7.54. The summed E-state index contributed by atoms with van der Waals surface area (Å²) < 4.78 is 21.4. The van der Waals surface area contributed by atoms with Gasteiger partial charge in [-0.3, -0.25) is 9.59 Å². The van der Waals surface area contributed by atoms with Gasteiger partial charge in [-0.05, 0) is 12.8 Å². The first-order chi connectivity index (χ1) is 8.31. The number of hydrogen-bond acceptors (Lipinski definition) is 4. The normalized spacial score (nSPS) is 24.5. The molecule has 7 nitrogen and oxygen atoms in total. The van der Waals surface area contributed by atoms with Gasteiger partial charge in [0.15, 0.2) is 0 Å². The van der Waals surface area contributed by atoms with E-state index in [1.54, 1.807) is 0 Å². The third-order valence-corrected chi connectivity index (χ3v) is 3.88. The number of aliphatic carboxylic acids is 1. The molecule has 0 aromatic heterocycles. The molecule has 1 fully saturated rings. The lowest BCUT2D eigenvalue weighted by Crippen LogP contribution is -2.41. The van der Waals surface area contributed by atoms with Crippen LogP contribution in [0.3, 0.4) is 0 Å². The van der Waals surface area contributed by atoms with Crippen molar-refractivity contribution in [2.75, 3.05) is 12.3 Å². The average molecular weight is 278 g/mol. The van der Waals surface area contributed by atoms with Crippen molar-refractivity contribution >= 4 is 21.9 Å². The van der Waals surface area contributed by atoms with E-state index in [0.717, 1.165) is 12.8 Å². The first kappa shape index (κ1) is 14.9. The Balaban J connectivity index is 2.51. The fraction of sp³-hybridized carbons (Fsp3) is 0.800. The zero-order valence-corrected chi connectivity index (χ0v) is 10.8. The molecule has 1 saturated carbocycles. The van der Waals surface area contributed by atoms with Crippen LogP contribution >= 0.6 is 0 Å². The number of carbonyl (C=O) groups is 2. The highest BCUT2D eigenvalue weighted by molar-refractivity contribution is 7.89. The minimum Gasteiger partial charge on any atom is -0.481 e. The number of nitrogens with one attached hydrogen (secondary N) is 1. The molecule has 0 aliphatic heterocycles. The fourth-order valence-electron chi connectivity index (χ4n) is 2.19. The molecule has 0 heterocycles. The van der Waals surface area contributed by atoms with Crippen LogP contribution < -0.4 is 10.5 Å². The van der Waals surface area contributed by atoms with Gasteiger partial charge in [0.1, 0.15) is 0 Å². The summed E-state index contributed by atoms with van der Waals surface area (Å²) >= 11 is 0. The molecule has 104 valence electrons. The third-order valence-electron chi connectivity index (χ3n) is 3.11. The Labute approximate surface area is 106 Å². The molecular weight excluding hydrogens is 260 g/mol. The van der Waals surface area contributed by atoms with E-state index >= 15 is 0 Å². The molecule has 0 bridgehead atoms. The van der Waals surface area contributed by atoms with E-state index in [9.17, 15) is 18.0 Å². The number of primary sulfonamides is 1. The van der Waals surface area contributed by atoms with Gasteiger partial charge in [0.05, 0.1) is 17.6 Å². The Hall–Kier alpha value is -1.15. The fourth-order valence-corrected chi connectivity index (χ4v) is 2.57. The summed E-state index contributed by atoms with van der Waals surface area (Å²) in [6, 6.07) is 0. The van der Waals surface area contributed by atoms with Gasteiger partial charge in [-0.15, -0.1) is 0 Å². The quantitative estimate of drug-likeness (QED) is 0.612. The molecule has 0 unspecified atom stereocenters. The van der Waals surface area contributed by atoms with E-state index in [1.165, 1.54) is 0 Å². The summed E-state index contributed by atoms with van der Waals surface area (Å²) in [6.45, 7) is -0.0828. The van der Waals surface area contributed by atoms with Crippen molar-refractivity contribution in [2.45, 2.75) is 25.7 Å².